The number of benzene rings is 1. The van der Waals surface area contributed by atoms with Crippen molar-refractivity contribution in [2.24, 2.45) is 10.9 Å². The second kappa shape index (κ2) is 5.87. The number of hydrogen-bond acceptors (Lipinski definition) is 6. The quantitative estimate of drug-likeness (QED) is 0.271. The molecule has 0 aliphatic carbocycles. The highest BCUT2D eigenvalue weighted by Crippen LogP contribution is 2.30. The maximum Gasteiger partial charge on any atom is 0.293 e. The van der Waals surface area contributed by atoms with E-state index in [1.165, 1.54) is 6.07 Å². The SMILES string of the molecule is NC(=NO)c1ccc(N2CCS(=O)CC2)c([N+](=O)[O-])c1. The van der Waals surface area contributed by atoms with Crippen molar-refractivity contribution in [3.63, 3.8) is 0 Å². The lowest BCUT2D eigenvalue weighted by Gasteiger charge is -2.28. The van der Waals surface area contributed by atoms with Gasteiger partial charge >= 0.3 is 0 Å². The topological polar surface area (TPSA) is 122 Å². The Labute approximate surface area is 117 Å². The van der Waals surface area contributed by atoms with Gasteiger partial charge in [-0.1, -0.05) is 5.16 Å². The van der Waals surface area contributed by atoms with Crippen LogP contribution in [0.15, 0.2) is 23.4 Å². The number of nitro groups is 1. The summed E-state index contributed by atoms with van der Waals surface area (Å²) >= 11 is 0. The van der Waals surface area contributed by atoms with Gasteiger partial charge in [0.1, 0.15) is 5.69 Å². The van der Waals surface area contributed by atoms with E-state index in [-0.39, 0.29) is 17.1 Å². The molecular weight excluding hydrogens is 284 g/mol. The second-order valence-electron chi connectivity index (χ2n) is 4.28. The van der Waals surface area contributed by atoms with E-state index in [1.54, 1.807) is 12.1 Å². The lowest BCUT2D eigenvalue weighted by atomic mass is 10.1. The zero-order valence-electron chi connectivity index (χ0n) is 10.6. The summed E-state index contributed by atoms with van der Waals surface area (Å²) in [5.74, 6) is 0.817. The van der Waals surface area contributed by atoms with Crippen LogP contribution in [0.1, 0.15) is 5.56 Å². The van der Waals surface area contributed by atoms with Gasteiger partial charge in [0.05, 0.1) is 4.92 Å². The molecule has 1 aromatic rings. The molecule has 1 fully saturated rings. The van der Waals surface area contributed by atoms with E-state index >= 15 is 0 Å². The van der Waals surface area contributed by atoms with Crippen LogP contribution in [0.5, 0.6) is 0 Å². The van der Waals surface area contributed by atoms with Gasteiger partial charge in [-0.3, -0.25) is 14.3 Å². The number of nitrogens with two attached hydrogens (primary N) is 1. The summed E-state index contributed by atoms with van der Waals surface area (Å²) in [7, 11) is -0.849. The lowest BCUT2D eigenvalue weighted by molar-refractivity contribution is -0.384. The monoisotopic (exact) mass is 298 g/mol. The Morgan fingerprint density at radius 1 is 1.45 bits per heavy atom. The van der Waals surface area contributed by atoms with Crippen LogP contribution in [0.3, 0.4) is 0 Å². The van der Waals surface area contributed by atoms with Gasteiger partial charge < -0.3 is 15.8 Å². The zero-order chi connectivity index (χ0) is 14.7. The van der Waals surface area contributed by atoms with Crippen molar-refractivity contribution < 1.29 is 14.3 Å². The van der Waals surface area contributed by atoms with Crippen molar-refractivity contribution in [2.75, 3.05) is 29.5 Å². The van der Waals surface area contributed by atoms with Crippen LogP contribution < -0.4 is 10.6 Å². The van der Waals surface area contributed by atoms with E-state index in [1.807, 2.05) is 4.90 Å². The third-order valence-electron chi connectivity index (χ3n) is 3.09. The molecule has 1 aromatic carbocycles. The summed E-state index contributed by atoms with van der Waals surface area (Å²) in [4.78, 5) is 12.5. The summed E-state index contributed by atoms with van der Waals surface area (Å²) < 4.78 is 11.3. The Morgan fingerprint density at radius 3 is 2.65 bits per heavy atom. The molecule has 0 unspecified atom stereocenters. The third-order valence-corrected chi connectivity index (χ3v) is 4.37. The van der Waals surface area contributed by atoms with E-state index in [9.17, 15) is 14.3 Å². The van der Waals surface area contributed by atoms with Gasteiger partial charge in [0.2, 0.25) is 0 Å². The summed E-state index contributed by atoms with van der Waals surface area (Å²) in [6.45, 7) is 1.02. The molecule has 0 radical (unpaired) electrons. The number of oxime groups is 1. The molecule has 8 nitrogen and oxygen atoms in total. The molecular formula is C11H14N4O4S. The molecule has 0 spiro atoms. The van der Waals surface area contributed by atoms with Crippen molar-refractivity contribution in [1.29, 1.82) is 0 Å². The lowest BCUT2D eigenvalue weighted by Crippen LogP contribution is -2.38. The van der Waals surface area contributed by atoms with E-state index in [2.05, 4.69) is 5.16 Å². The van der Waals surface area contributed by atoms with Crippen LogP contribution in [0.4, 0.5) is 11.4 Å². The summed E-state index contributed by atoms with van der Waals surface area (Å²) in [6, 6.07) is 4.40. The fraction of sp³-hybridized carbons (Fsp3) is 0.364. The van der Waals surface area contributed by atoms with Crippen LogP contribution in [0.25, 0.3) is 0 Å². The molecule has 0 saturated carbocycles. The highest BCUT2D eigenvalue weighted by molar-refractivity contribution is 7.85. The van der Waals surface area contributed by atoms with Crippen LogP contribution in [-0.2, 0) is 10.8 Å². The molecule has 0 bridgehead atoms. The zero-order valence-corrected chi connectivity index (χ0v) is 11.4. The predicted octanol–water partition coefficient (Wildman–Crippen LogP) is 0.258. The van der Waals surface area contributed by atoms with Gasteiger partial charge in [-0.05, 0) is 12.1 Å². The fourth-order valence-corrected chi connectivity index (χ4v) is 3.09. The van der Waals surface area contributed by atoms with Gasteiger partial charge in [-0.25, -0.2) is 0 Å². The highest BCUT2D eigenvalue weighted by Gasteiger charge is 2.24. The molecule has 3 N–H and O–H groups in total. The molecule has 0 atom stereocenters. The first kappa shape index (κ1) is 14.3. The number of anilines is 1. The minimum Gasteiger partial charge on any atom is -0.409 e. The molecule has 108 valence electrons. The van der Waals surface area contributed by atoms with Crippen molar-refractivity contribution in [3.8, 4) is 0 Å². The van der Waals surface area contributed by atoms with Gasteiger partial charge in [-0.2, -0.15) is 0 Å². The van der Waals surface area contributed by atoms with Gasteiger partial charge in [0, 0.05) is 47.0 Å². The second-order valence-corrected chi connectivity index (χ2v) is 5.98. The minimum atomic E-state index is -0.849. The van der Waals surface area contributed by atoms with E-state index in [0.29, 0.717) is 30.3 Å². The number of amidine groups is 1. The molecule has 1 heterocycles. The molecule has 20 heavy (non-hydrogen) atoms. The fourth-order valence-electron chi connectivity index (χ4n) is 2.03. The maximum absolute atomic E-state index is 11.3. The first-order valence-electron chi connectivity index (χ1n) is 5.89. The summed E-state index contributed by atoms with van der Waals surface area (Å²) in [5, 5.41) is 22.6. The largest absolute Gasteiger partial charge is 0.409 e. The van der Waals surface area contributed by atoms with Crippen molar-refractivity contribution in [3.05, 3.63) is 33.9 Å². The smallest absolute Gasteiger partial charge is 0.293 e. The highest BCUT2D eigenvalue weighted by atomic mass is 32.2. The molecule has 9 heteroatoms. The molecule has 1 saturated heterocycles. The Morgan fingerprint density at radius 2 is 2.10 bits per heavy atom. The molecule has 0 amide bonds. The van der Waals surface area contributed by atoms with E-state index in [0.717, 1.165) is 0 Å². The third kappa shape index (κ3) is 2.87. The molecule has 0 aromatic heterocycles. The van der Waals surface area contributed by atoms with Crippen LogP contribution in [-0.4, -0.2) is 44.8 Å². The number of rotatable bonds is 3. The van der Waals surface area contributed by atoms with E-state index < -0.39 is 15.7 Å². The van der Waals surface area contributed by atoms with Gasteiger partial charge in [0.15, 0.2) is 5.84 Å². The Hall–Kier alpha value is -2.16. The first-order valence-corrected chi connectivity index (χ1v) is 7.38. The Bertz CT molecular complexity index is 580. The molecule has 1 aliphatic heterocycles. The predicted molar refractivity (Wildman–Crippen MR) is 75.7 cm³/mol. The molecule has 2 rings (SSSR count). The number of nitro benzene ring substituents is 1. The number of hydrogen-bond donors (Lipinski definition) is 2. The Kier molecular flexibility index (Phi) is 4.18. The van der Waals surface area contributed by atoms with Crippen LogP contribution in [0, 0.1) is 10.1 Å². The average molecular weight is 298 g/mol. The van der Waals surface area contributed by atoms with Crippen molar-refractivity contribution in [1.82, 2.24) is 0 Å². The van der Waals surface area contributed by atoms with Crippen molar-refractivity contribution >= 4 is 28.0 Å². The van der Waals surface area contributed by atoms with E-state index in [4.69, 9.17) is 10.9 Å². The van der Waals surface area contributed by atoms with Crippen LogP contribution in [0.2, 0.25) is 0 Å². The minimum absolute atomic E-state index is 0.109. The van der Waals surface area contributed by atoms with Crippen molar-refractivity contribution in [2.45, 2.75) is 0 Å². The number of nitrogens with zero attached hydrogens (tertiary/aromatic N) is 3. The summed E-state index contributed by atoms with van der Waals surface area (Å²) in [6.07, 6.45) is 0. The normalized spacial score (nSPS) is 17.2. The average Bonchev–Trinajstić information content (AvgIpc) is 2.46. The van der Waals surface area contributed by atoms with Gasteiger partial charge in [-0.15, -0.1) is 0 Å². The van der Waals surface area contributed by atoms with Crippen LogP contribution >= 0.6 is 0 Å². The Balaban J connectivity index is 2.38. The maximum atomic E-state index is 11.3. The van der Waals surface area contributed by atoms with Gasteiger partial charge in [0.25, 0.3) is 5.69 Å². The standard InChI is InChI=1S/C11H14N4O4S/c12-11(13-16)8-1-2-9(10(7-8)15(17)18)14-3-5-20(19)6-4-14/h1-2,7,16H,3-6H2,(H2,12,13). The summed E-state index contributed by atoms with van der Waals surface area (Å²) in [5.41, 5.74) is 6.06. The first-order chi connectivity index (χ1) is 9.52. The molecule has 1 aliphatic rings.